The number of amides is 1. The van der Waals surface area contributed by atoms with Gasteiger partial charge in [0.2, 0.25) is 11.8 Å². The number of hydrogen-bond donors (Lipinski definition) is 0. The van der Waals surface area contributed by atoms with Crippen molar-refractivity contribution in [2.75, 3.05) is 26.0 Å². The highest BCUT2D eigenvalue weighted by Gasteiger charge is 2.46. The summed E-state index contributed by atoms with van der Waals surface area (Å²) >= 11 is 0. The fourth-order valence-electron chi connectivity index (χ4n) is 5.56. The van der Waals surface area contributed by atoms with Crippen LogP contribution in [0.15, 0.2) is 29.3 Å². The molecule has 2 aliphatic heterocycles. The number of sulfone groups is 1. The van der Waals surface area contributed by atoms with Crippen LogP contribution in [0.4, 0.5) is 0 Å². The zero-order valence-corrected chi connectivity index (χ0v) is 25.3. The Morgan fingerprint density at radius 2 is 1.90 bits per heavy atom. The molecule has 1 aromatic carbocycles. The summed E-state index contributed by atoms with van der Waals surface area (Å²) < 4.78 is 42.6. The SMILES string of the molecule is CCOC(=O)[C@@H]1C[C@@H]2CN1C(=O)[C@H](C(C)(C)C)CC(=O)OCCCCCc1cc(S(C)(=O)=O)c3ccnc(c3c1)O2. The minimum atomic E-state index is -3.56. The molecule has 11 heteroatoms. The van der Waals surface area contributed by atoms with Crippen molar-refractivity contribution in [1.29, 1.82) is 0 Å². The lowest BCUT2D eigenvalue weighted by Crippen LogP contribution is -2.48. The van der Waals surface area contributed by atoms with Crippen molar-refractivity contribution < 1.29 is 37.0 Å². The Hall–Kier alpha value is -3.21. The van der Waals surface area contributed by atoms with Crippen molar-refractivity contribution in [3.63, 3.8) is 0 Å². The van der Waals surface area contributed by atoms with Crippen LogP contribution >= 0.6 is 0 Å². The molecular weight excluding hydrogens is 548 g/mol. The number of nitrogens with zero attached hydrogens (tertiary/aromatic N) is 2. The molecule has 4 bridgehead atoms. The molecule has 2 aliphatic rings. The number of carbonyl (C=O) groups is 3. The summed E-state index contributed by atoms with van der Waals surface area (Å²) in [5.41, 5.74) is 0.250. The van der Waals surface area contributed by atoms with Gasteiger partial charge in [-0.05, 0) is 61.8 Å². The minimum absolute atomic E-state index is 0.0840. The largest absolute Gasteiger partial charge is 0.472 e. The first-order valence-corrected chi connectivity index (χ1v) is 16.1. The van der Waals surface area contributed by atoms with Crippen LogP contribution in [-0.4, -0.2) is 74.3 Å². The molecule has 0 spiro atoms. The Kier molecular flexibility index (Phi) is 9.25. The third kappa shape index (κ3) is 7.17. The van der Waals surface area contributed by atoms with E-state index in [1.165, 1.54) is 17.4 Å². The first-order chi connectivity index (χ1) is 19.3. The van der Waals surface area contributed by atoms with Gasteiger partial charge >= 0.3 is 11.9 Å². The Labute approximate surface area is 241 Å². The van der Waals surface area contributed by atoms with E-state index in [0.29, 0.717) is 23.6 Å². The second-order valence-corrected chi connectivity index (χ2v) is 13.9. The van der Waals surface area contributed by atoms with Crippen LogP contribution in [0.3, 0.4) is 0 Å². The lowest BCUT2D eigenvalue weighted by atomic mass is 9.77. The summed E-state index contributed by atoms with van der Waals surface area (Å²) in [4.78, 5) is 45.8. The van der Waals surface area contributed by atoms with E-state index in [1.54, 1.807) is 19.1 Å². The monoisotopic (exact) mass is 588 g/mol. The molecule has 0 aliphatic carbocycles. The molecule has 1 saturated heterocycles. The number of fused-ring (bicyclic) bond motifs is 3. The van der Waals surface area contributed by atoms with Gasteiger partial charge in [-0.3, -0.25) is 9.59 Å². The quantitative estimate of drug-likeness (QED) is 0.491. The maximum Gasteiger partial charge on any atom is 0.328 e. The minimum Gasteiger partial charge on any atom is -0.472 e. The summed E-state index contributed by atoms with van der Waals surface area (Å²) in [6.07, 6.45) is 4.95. The second-order valence-electron chi connectivity index (χ2n) is 12.0. The summed E-state index contributed by atoms with van der Waals surface area (Å²) in [6.45, 7) is 7.82. The van der Waals surface area contributed by atoms with Crippen molar-refractivity contribution in [2.24, 2.45) is 11.3 Å². The predicted molar refractivity (Wildman–Crippen MR) is 152 cm³/mol. The Morgan fingerprint density at radius 3 is 2.59 bits per heavy atom. The fraction of sp³-hybridized carbons (Fsp3) is 0.600. The average molecular weight is 589 g/mol. The zero-order valence-electron chi connectivity index (χ0n) is 24.5. The highest BCUT2D eigenvalue weighted by atomic mass is 32.2. The standard InChI is InChI=1S/C30H40N2O8S/c1-6-38-29(35)24-16-20-18-32(24)28(34)23(30(2,3)4)17-26(33)39-13-9-7-8-10-19-14-22-21(11-12-31-27(22)40-20)25(15-19)41(5,36)37/h11-12,14-15,20,23-24H,6-10,13,16-18H2,1-5H3/t20-,23-,24+/m1/s1. The average Bonchev–Trinajstić information content (AvgIpc) is 3.31. The van der Waals surface area contributed by atoms with E-state index in [2.05, 4.69) is 4.98 Å². The van der Waals surface area contributed by atoms with E-state index in [4.69, 9.17) is 14.2 Å². The van der Waals surface area contributed by atoms with E-state index < -0.39 is 45.3 Å². The summed E-state index contributed by atoms with van der Waals surface area (Å²) in [6, 6.07) is 4.35. The van der Waals surface area contributed by atoms with Crippen molar-refractivity contribution in [3.8, 4) is 5.88 Å². The van der Waals surface area contributed by atoms with Crippen molar-refractivity contribution in [2.45, 2.75) is 83.3 Å². The number of benzene rings is 1. The molecule has 0 N–H and O–H groups in total. The van der Waals surface area contributed by atoms with Gasteiger partial charge < -0.3 is 19.1 Å². The number of rotatable bonds is 3. The molecular formula is C30H40N2O8S. The van der Waals surface area contributed by atoms with Crippen LogP contribution in [0.25, 0.3) is 10.8 Å². The van der Waals surface area contributed by atoms with Crippen LogP contribution in [-0.2, 0) is 40.1 Å². The van der Waals surface area contributed by atoms with Gasteiger partial charge in [0, 0.05) is 29.6 Å². The molecule has 41 heavy (non-hydrogen) atoms. The van der Waals surface area contributed by atoms with E-state index >= 15 is 0 Å². The molecule has 1 aromatic heterocycles. The number of aromatic nitrogens is 1. The van der Waals surface area contributed by atoms with Gasteiger partial charge in [0.25, 0.3) is 0 Å². The highest BCUT2D eigenvalue weighted by molar-refractivity contribution is 7.91. The van der Waals surface area contributed by atoms with Crippen LogP contribution < -0.4 is 4.74 Å². The van der Waals surface area contributed by atoms with Gasteiger partial charge in [0.1, 0.15) is 12.1 Å². The molecule has 4 rings (SSSR count). The zero-order chi connectivity index (χ0) is 29.9. The number of pyridine rings is 1. The lowest BCUT2D eigenvalue weighted by Gasteiger charge is -2.34. The van der Waals surface area contributed by atoms with Gasteiger partial charge in [-0.2, -0.15) is 0 Å². The van der Waals surface area contributed by atoms with Gasteiger partial charge in [0.15, 0.2) is 9.84 Å². The van der Waals surface area contributed by atoms with Crippen molar-refractivity contribution >= 4 is 38.5 Å². The Balaban J connectivity index is 1.79. The second kappa shape index (κ2) is 12.3. The number of hydrogen-bond acceptors (Lipinski definition) is 9. The number of aryl methyl sites for hydroxylation is 1. The van der Waals surface area contributed by atoms with Crippen LogP contribution in [0.1, 0.15) is 65.4 Å². The van der Waals surface area contributed by atoms with Gasteiger partial charge in [-0.1, -0.05) is 20.8 Å². The van der Waals surface area contributed by atoms with Crippen LogP contribution in [0.2, 0.25) is 0 Å². The number of ether oxygens (including phenoxy) is 3. The van der Waals surface area contributed by atoms with Gasteiger partial charge in [-0.15, -0.1) is 0 Å². The number of esters is 2. The van der Waals surface area contributed by atoms with Crippen LogP contribution in [0.5, 0.6) is 5.88 Å². The fourth-order valence-corrected chi connectivity index (χ4v) is 6.50. The molecule has 3 heterocycles. The smallest absolute Gasteiger partial charge is 0.328 e. The summed E-state index contributed by atoms with van der Waals surface area (Å²) in [5.74, 6) is -1.82. The summed E-state index contributed by atoms with van der Waals surface area (Å²) in [7, 11) is -3.56. The Bertz CT molecular complexity index is 1420. The van der Waals surface area contributed by atoms with E-state index in [-0.39, 0.29) is 49.3 Å². The summed E-state index contributed by atoms with van der Waals surface area (Å²) in [5, 5.41) is 1.06. The molecule has 1 fully saturated rings. The molecule has 1 amide bonds. The first-order valence-electron chi connectivity index (χ1n) is 14.2. The lowest BCUT2D eigenvalue weighted by molar-refractivity contribution is -0.158. The molecule has 10 nitrogen and oxygen atoms in total. The topological polar surface area (TPSA) is 129 Å². The van der Waals surface area contributed by atoms with Crippen LogP contribution in [0, 0.1) is 11.3 Å². The number of cyclic esters (lactones) is 1. The van der Waals surface area contributed by atoms with E-state index in [1.807, 2.05) is 26.8 Å². The molecule has 0 radical (unpaired) electrons. The maximum atomic E-state index is 14.0. The normalized spacial score (nSPS) is 23.0. The van der Waals surface area contributed by atoms with Crippen molar-refractivity contribution in [1.82, 2.24) is 9.88 Å². The number of carbonyl (C=O) groups excluding carboxylic acids is 3. The maximum absolute atomic E-state index is 14.0. The third-order valence-electron chi connectivity index (χ3n) is 7.73. The van der Waals surface area contributed by atoms with Gasteiger partial charge in [0.05, 0.1) is 37.0 Å². The molecule has 0 unspecified atom stereocenters. The molecule has 2 aromatic rings. The molecule has 0 saturated carbocycles. The van der Waals surface area contributed by atoms with Crippen molar-refractivity contribution in [3.05, 3.63) is 30.0 Å². The highest BCUT2D eigenvalue weighted by Crippen LogP contribution is 2.36. The molecule has 3 atom stereocenters. The van der Waals surface area contributed by atoms with Gasteiger partial charge in [-0.25, -0.2) is 18.2 Å². The predicted octanol–water partition coefficient (Wildman–Crippen LogP) is 3.87. The van der Waals surface area contributed by atoms with E-state index in [9.17, 15) is 22.8 Å². The molecule has 224 valence electrons. The Morgan fingerprint density at radius 1 is 1.15 bits per heavy atom. The third-order valence-corrected chi connectivity index (χ3v) is 8.87. The van der Waals surface area contributed by atoms with E-state index in [0.717, 1.165) is 18.4 Å². The first kappa shape index (κ1) is 30.7.